The molecule has 7 heteroatoms. The van der Waals surface area contributed by atoms with Crippen LogP contribution in [-0.4, -0.2) is 21.4 Å². The van der Waals surface area contributed by atoms with Crippen LogP contribution in [0.4, 0.5) is 5.69 Å². The summed E-state index contributed by atoms with van der Waals surface area (Å²) in [5.74, 6) is 0.991. The minimum Gasteiger partial charge on any atom is -0.469 e. The van der Waals surface area contributed by atoms with Crippen molar-refractivity contribution in [3.8, 4) is 11.5 Å². The molecule has 2 heterocycles. The average molecular weight is 357 g/mol. The van der Waals surface area contributed by atoms with E-state index < -0.39 is 0 Å². The predicted molar refractivity (Wildman–Crippen MR) is 96.5 cm³/mol. The van der Waals surface area contributed by atoms with Crippen molar-refractivity contribution in [2.45, 2.75) is 37.7 Å². The van der Waals surface area contributed by atoms with E-state index in [2.05, 4.69) is 22.4 Å². The van der Waals surface area contributed by atoms with Crippen LogP contribution in [-0.2, 0) is 11.2 Å². The molecule has 3 rings (SSSR count). The molecule has 130 valence electrons. The van der Waals surface area contributed by atoms with Crippen LogP contribution in [0.2, 0.25) is 0 Å². The Balaban J connectivity index is 1.66. The van der Waals surface area contributed by atoms with Crippen molar-refractivity contribution >= 4 is 23.4 Å². The predicted octanol–water partition coefficient (Wildman–Crippen LogP) is 4.32. The van der Waals surface area contributed by atoms with Crippen LogP contribution in [0.3, 0.4) is 0 Å². The Labute approximate surface area is 150 Å². The Kier molecular flexibility index (Phi) is 5.23. The van der Waals surface area contributed by atoms with Crippen LogP contribution in [0.25, 0.3) is 11.5 Å². The van der Waals surface area contributed by atoms with E-state index in [1.54, 1.807) is 12.3 Å². The molecule has 0 saturated heterocycles. The third kappa shape index (κ3) is 3.93. The first kappa shape index (κ1) is 17.3. The first-order valence-electron chi connectivity index (χ1n) is 8.02. The zero-order valence-corrected chi connectivity index (χ0v) is 15.1. The molecule has 0 aliphatic heterocycles. The quantitative estimate of drug-likeness (QED) is 0.662. The number of carbonyl (C=O) groups excluding carboxylic acids is 1. The molecule has 6 nitrogen and oxygen atoms in total. The highest BCUT2D eigenvalue weighted by Crippen LogP contribution is 2.29. The lowest BCUT2D eigenvalue weighted by atomic mass is 10.1. The monoisotopic (exact) mass is 357 g/mol. The van der Waals surface area contributed by atoms with Gasteiger partial charge < -0.3 is 14.2 Å². The summed E-state index contributed by atoms with van der Waals surface area (Å²) in [6.45, 7) is 5.69. The van der Waals surface area contributed by atoms with Crippen LogP contribution >= 0.6 is 11.8 Å². The van der Waals surface area contributed by atoms with Gasteiger partial charge in [-0.05, 0) is 38.0 Å². The number of anilines is 1. The number of para-hydroxylation sites is 1. The van der Waals surface area contributed by atoms with Gasteiger partial charge in [-0.25, -0.2) is 0 Å². The van der Waals surface area contributed by atoms with Crippen molar-refractivity contribution in [3.63, 3.8) is 0 Å². The van der Waals surface area contributed by atoms with Crippen molar-refractivity contribution in [2.24, 2.45) is 0 Å². The third-order valence-electron chi connectivity index (χ3n) is 3.80. The lowest BCUT2D eigenvalue weighted by molar-refractivity contribution is -0.115. The summed E-state index contributed by atoms with van der Waals surface area (Å²) in [6.07, 6.45) is 2.43. The largest absolute Gasteiger partial charge is 0.469 e. The second-order valence-corrected chi connectivity index (χ2v) is 6.82. The van der Waals surface area contributed by atoms with Crippen molar-refractivity contribution in [1.29, 1.82) is 0 Å². The van der Waals surface area contributed by atoms with Crippen molar-refractivity contribution in [3.05, 3.63) is 47.9 Å². The fourth-order valence-electron chi connectivity index (χ4n) is 2.36. The molecule has 0 bridgehead atoms. The maximum atomic E-state index is 12.4. The fourth-order valence-corrected chi connectivity index (χ4v) is 3.05. The normalized spacial score (nSPS) is 12.1. The number of amides is 1. The first-order chi connectivity index (χ1) is 12.1. The topological polar surface area (TPSA) is 81.2 Å². The van der Waals surface area contributed by atoms with E-state index in [1.807, 2.05) is 38.1 Å². The molecule has 1 atom stereocenters. The Bertz CT molecular complexity index is 872. The molecule has 1 amide bonds. The number of rotatable bonds is 6. The van der Waals surface area contributed by atoms with Crippen molar-refractivity contribution in [1.82, 2.24) is 10.2 Å². The number of aromatic nitrogens is 2. The SMILES string of the molecule is CCc1ccccc1NC(=O)[C@H](C)Sc1nnc(-c2ccoc2C)o1. The van der Waals surface area contributed by atoms with E-state index in [1.165, 1.54) is 11.8 Å². The van der Waals surface area contributed by atoms with Gasteiger partial charge in [0.1, 0.15) is 5.76 Å². The number of aryl methyl sites for hydroxylation is 2. The number of nitrogens with one attached hydrogen (secondary N) is 1. The summed E-state index contributed by atoms with van der Waals surface area (Å²) in [6, 6.07) is 9.55. The van der Waals surface area contributed by atoms with Gasteiger partial charge in [-0.3, -0.25) is 4.79 Å². The van der Waals surface area contributed by atoms with Gasteiger partial charge in [-0.2, -0.15) is 0 Å². The third-order valence-corrected chi connectivity index (χ3v) is 4.73. The number of thioether (sulfide) groups is 1. The molecule has 0 aliphatic carbocycles. The van der Waals surface area contributed by atoms with Crippen molar-refractivity contribution in [2.75, 3.05) is 5.32 Å². The first-order valence-corrected chi connectivity index (χ1v) is 8.89. The summed E-state index contributed by atoms with van der Waals surface area (Å²) < 4.78 is 10.9. The van der Waals surface area contributed by atoms with Gasteiger partial charge in [0.05, 0.1) is 17.1 Å². The second-order valence-electron chi connectivity index (χ2n) is 5.52. The van der Waals surface area contributed by atoms with Gasteiger partial charge in [0.2, 0.25) is 5.91 Å². The molecule has 0 unspecified atom stereocenters. The lowest BCUT2D eigenvalue weighted by Crippen LogP contribution is -2.23. The number of hydrogen-bond acceptors (Lipinski definition) is 6. The van der Waals surface area contributed by atoms with Gasteiger partial charge in [-0.15, -0.1) is 10.2 Å². The molecule has 1 aromatic carbocycles. The molecule has 0 radical (unpaired) electrons. The number of carbonyl (C=O) groups is 1. The highest BCUT2D eigenvalue weighted by molar-refractivity contribution is 8.00. The van der Waals surface area contributed by atoms with Crippen LogP contribution < -0.4 is 5.32 Å². The number of hydrogen-bond donors (Lipinski definition) is 1. The number of furan rings is 1. The Morgan fingerprint density at radius 1 is 1.28 bits per heavy atom. The molecular weight excluding hydrogens is 338 g/mol. The van der Waals surface area contributed by atoms with E-state index >= 15 is 0 Å². The van der Waals surface area contributed by atoms with Gasteiger partial charge in [0, 0.05) is 5.69 Å². The molecule has 2 aromatic heterocycles. The van der Waals surface area contributed by atoms with Gasteiger partial charge in [-0.1, -0.05) is 36.9 Å². The van der Waals surface area contributed by atoms with Gasteiger partial charge in [0.15, 0.2) is 0 Å². The van der Waals surface area contributed by atoms with E-state index in [9.17, 15) is 4.79 Å². The zero-order valence-electron chi connectivity index (χ0n) is 14.3. The molecular formula is C18H19N3O3S. The minimum atomic E-state index is -0.372. The van der Waals surface area contributed by atoms with E-state index in [0.29, 0.717) is 16.9 Å². The number of benzene rings is 1. The molecule has 25 heavy (non-hydrogen) atoms. The average Bonchev–Trinajstić information content (AvgIpc) is 3.23. The van der Waals surface area contributed by atoms with E-state index in [4.69, 9.17) is 8.83 Å². The zero-order chi connectivity index (χ0) is 17.8. The molecule has 0 spiro atoms. The summed E-state index contributed by atoms with van der Waals surface area (Å²) in [5.41, 5.74) is 2.69. The number of nitrogens with zero attached hydrogens (tertiary/aromatic N) is 2. The highest BCUT2D eigenvalue weighted by atomic mass is 32.2. The van der Waals surface area contributed by atoms with Crippen LogP contribution in [0.1, 0.15) is 25.2 Å². The standard InChI is InChI=1S/C18H19N3O3S/c1-4-13-7-5-6-8-15(13)19-16(22)12(3)25-18-21-20-17(24-18)14-9-10-23-11(14)2/h5-10,12H,4H2,1-3H3,(H,19,22)/t12-/m0/s1. The van der Waals surface area contributed by atoms with E-state index in [-0.39, 0.29) is 11.2 Å². The van der Waals surface area contributed by atoms with Gasteiger partial charge >= 0.3 is 0 Å². The second kappa shape index (κ2) is 7.57. The summed E-state index contributed by atoms with van der Waals surface area (Å²) >= 11 is 1.23. The van der Waals surface area contributed by atoms with Crippen LogP contribution in [0, 0.1) is 6.92 Å². The van der Waals surface area contributed by atoms with E-state index in [0.717, 1.165) is 23.2 Å². The Morgan fingerprint density at radius 2 is 2.08 bits per heavy atom. The molecule has 3 aromatic rings. The lowest BCUT2D eigenvalue weighted by Gasteiger charge is -2.12. The summed E-state index contributed by atoms with van der Waals surface area (Å²) in [5, 5.41) is 11.0. The smallest absolute Gasteiger partial charge is 0.277 e. The molecule has 0 saturated carbocycles. The van der Waals surface area contributed by atoms with Crippen LogP contribution in [0.15, 0.2) is 50.7 Å². The highest BCUT2D eigenvalue weighted by Gasteiger charge is 2.20. The maximum Gasteiger partial charge on any atom is 0.277 e. The van der Waals surface area contributed by atoms with Crippen molar-refractivity contribution < 1.29 is 13.6 Å². The fraction of sp³-hybridized carbons (Fsp3) is 0.278. The Hall–Kier alpha value is -2.54. The van der Waals surface area contributed by atoms with Gasteiger partial charge in [0.25, 0.3) is 11.1 Å². The molecule has 0 aliphatic rings. The minimum absolute atomic E-state index is 0.106. The molecule has 1 N–H and O–H groups in total. The summed E-state index contributed by atoms with van der Waals surface area (Å²) in [4.78, 5) is 12.4. The summed E-state index contributed by atoms with van der Waals surface area (Å²) in [7, 11) is 0. The Morgan fingerprint density at radius 3 is 2.80 bits per heavy atom. The maximum absolute atomic E-state index is 12.4. The molecule has 0 fully saturated rings. The van der Waals surface area contributed by atoms with Crippen LogP contribution in [0.5, 0.6) is 0 Å².